The number of furan rings is 1. The molecule has 1 aromatic heterocycles. The Kier molecular flexibility index (Phi) is 7.05. The molecule has 0 N–H and O–H groups in total. The molecule has 1 aliphatic rings. The monoisotopic (exact) mass is 466 g/mol. The maximum Gasteiger partial charge on any atom is 0.375 e. The summed E-state index contributed by atoms with van der Waals surface area (Å²) in [4.78, 5) is 31.4. The zero-order chi connectivity index (χ0) is 23.4. The van der Waals surface area contributed by atoms with Gasteiger partial charge in [-0.1, -0.05) is 24.3 Å². The van der Waals surface area contributed by atoms with Crippen molar-refractivity contribution in [2.24, 2.45) is 0 Å². The lowest BCUT2D eigenvalue weighted by Crippen LogP contribution is -2.45. The van der Waals surface area contributed by atoms with Crippen molar-refractivity contribution in [2.75, 3.05) is 39.2 Å². The summed E-state index contributed by atoms with van der Waals surface area (Å²) in [5.41, 5.74) is 1.67. The molecule has 172 valence electrons. The van der Waals surface area contributed by atoms with Crippen LogP contribution in [-0.4, -0.2) is 57.2 Å². The largest absolute Gasteiger partial charge is 0.497 e. The Labute approximate surface area is 197 Å². The Morgan fingerprint density at radius 3 is 2.52 bits per heavy atom. The molecular weight excluding hydrogens is 440 g/mol. The van der Waals surface area contributed by atoms with Crippen molar-refractivity contribution < 1.29 is 23.5 Å². The number of carbonyl (C=O) groups is 2. The van der Waals surface area contributed by atoms with Gasteiger partial charge in [-0.25, -0.2) is 4.79 Å². The standard InChI is InChI=1S/C25H26N2O5S/c1-26(2)14-15-27-19-7-4-5-9-21(19)33-23(17-10-12-18(30-3)13-11-17)22(24(27)28)32-25(29)20-8-6-16-31-20/h4-13,16,22-23H,14-15H2,1-3H3. The van der Waals surface area contributed by atoms with E-state index in [1.165, 1.54) is 24.1 Å². The highest BCUT2D eigenvalue weighted by Gasteiger charge is 2.41. The predicted molar refractivity (Wildman–Crippen MR) is 127 cm³/mol. The minimum absolute atomic E-state index is 0.0582. The number of methoxy groups -OCH3 is 1. The molecule has 1 amide bonds. The van der Waals surface area contributed by atoms with E-state index >= 15 is 0 Å². The number of hydrogen-bond acceptors (Lipinski definition) is 7. The van der Waals surface area contributed by atoms with Crippen molar-refractivity contribution in [1.82, 2.24) is 4.90 Å². The third kappa shape index (κ3) is 5.07. The van der Waals surface area contributed by atoms with E-state index < -0.39 is 17.3 Å². The fourth-order valence-electron chi connectivity index (χ4n) is 3.63. The van der Waals surface area contributed by atoms with Crippen molar-refractivity contribution in [3.05, 3.63) is 78.3 Å². The summed E-state index contributed by atoms with van der Waals surface area (Å²) in [6, 6.07) is 18.4. The lowest BCUT2D eigenvalue weighted by Gasteiger charge is -2.28. The SMILES string of the molecule is COc1ccc(C2Sc3ccccc3N(CCN(C)C)C(=O)C2OC(=O)c2ccco2)cc1. The quantitative estimate of drug-likeness (QED) is 0.482. The van der Waals surface area contributed by atoms with Gasteiger partial charge in [-0.3, -0.25) is 4.79 Å². The Morgan fingerprint density at radius 2 is 1.85 bits per heavy atom. The number of benzene rings is 2. The molecule has 3 aromatic rings. The molecule has 1 aliphatic heterocycles. The number of para-hydroxylation sites is 1. The number of thioether (sulfide) groups is 1. The second-order valence-corrected chi connectivity index (χ2v) is 9.06. The summed E-state index contributed by atoms with van der Waals surface area (Å²) in [7, 11) is 5.51. The van der Waals surface area contributed by atoms with Crippen LogP contribution in [0.5, 0.6) is 5.75 Å². The second-order valence-electron chi connectivity index (χ2n) is 7.88. The molecular formula is C25H26N2O5S. The first kappa shape index (κ1) is 22.9. The molecule has 2 aromatic carbocycles. The third-order valence-electron chi connectivity index (χ3n) is 5.37. The van der Waals surface area contributed by atoms with Gasteiger partial charge in [0.25, 0.3) is 5.91 Å². The summed E-state index contributed by atoms with van der Waals surface area (Å²) in [5.74, 6) is -0.172. The van der Waals surface area contributed by atoms with Gasteiger partial charge in [0.1, 0.15) is 5.75 Å². The van der Waals surface area contributed by atoms with Crippen LogP contribution in [0.3, 0.4) is 0 Å². The van der Waals surface area contributed by atoms with Gasteiger partial charge in [-0.2, -0.15) is 0 Å². The summed E-state index contributed by atoms with van der Waals surface area (Å²) >= 11 is 1.51. The van der Waals surface area contributed by atoms with E-state index in [1.807, 2.05) is 67.5 Å². The highest BCUT2D eigenvalue weighted by molar-refractivity contribution is 7.99. The van der Waals surface area contributed by atoms with Crippen LogP contribution < -0.4 is 9.64 Å². The minimum Gasteiger partial charge on any atom is -0.497 e. The van der Waals surface area contributed by atoms with E-state index in [-0.39, 0.29) is 11.7 Å². The molecule has 0 bridgehead atoms. The fourth-order valence-corrected chi connectivity index (χ4v) is 4.95. The zero-order valence-electron chi connectivity index (χ0n) is 18.8. The number of likely N-dealkylation sites (N-methyl/N-ethyl adjacent to an activating group) is 1. The van der Waals surface area contributed by atoms with E-state index in [0.717, 1.165) is 16.1 Å². The molecule has 0 radical (unpaired) electrons. The van der Waals surface area contributed by atoms with E-state index in [4.69, 9.17) is 13.9 Å². The highest BCUT2D eigenvalue weighted by atomic mass is 32.2. The van der Waals surface area contributed by atoms with Crippen molar-refractivity contribution in [2.45, 2.75) is 16.2 Å². The van der Waals surface area contributed by atoms with Crippen molar-refractivity contribution in [3.8, 4) is 5.75 Å². The van der Waals surface area contributed by atoms with Gasteiger partial charge in [0.15, 0.2) is 6.10 Å². The lowest BCUT2D eigenvalue weighted by molar-refractivity contribution is -0.127. The molecule has 2 heterocycles. The van der Waals surface area contributed by atoms with Gasteiger partial charge in [-0.05, 0) is 56.1 Å². The van der Waals surface area contributed by atoms with Gasteiger partial charge < -0.3 is 23.7 Å². The lowest BCUT2D eigenvalue weighted by atomic mass is 10.1. The van der Waals surface area contributed by atoms with Gasteiger partial charge in [0, 0.05) is 18.0 Å². The molecule has 33 heavy (non-hydrogen) atoms. The maximum atomic E-state index is 13.9. The topological polar surface area (TPSA) is 72.2 Å². The maximum absolute atomic E-state index is 13.9. The Balaban J connectivity index is 1.76. The van der Waals surface area contributed by atoms with E-state index in [1.54, 1.807) is 18.1 Å². The molecule has 0 saturated heterocycles. The second kappa shape index (κ2) is 10.1. The summed E-state index contributed by atoms with van der Waals surface area (Å²) in [6.45, 7) is 1.13. The molecule has 0 saturated carbocycles. The normalized spacial score (nSPS) is 18.1. The molecule has 7 nitrogen and oxygen atoms in total. The number of esters is 1. The number of fused-ring (bicyclic) bond motifs is 1. The summed E-state index contributed by atoms with van der Waals surface area (Å²) < 4.78 is 16.3. The summed E-state index contributed by atoms with van der Waals surface area (Å²) in [6.07, 6.45) is 0.357. The fraction of sp³-hybridized carbons (Fsp3) is 0.280. The van der Waals surface area contributed by atoms with Gasteiger partial charge >= 0.3 is 5.97 Å². The average molecular weight is 467 g/mol. The van der Waals surface area contributed by atoms with Crippen LogP contribution in [0.25, 0.3) is 0 Å². The molecule has 0 fully saturated rings. The van der Waals surface area contributed by atoms with Crippen LogP contribution >= 0.6 is 11.8 Å². The van der Waals surface area contributed by atoms with E-state index in [0.29, 0.717) is 18.8 Å². The van der Waals surface area contributed by atoms with Crippen LogP contribution in [0.15, 0.2) is 76.2 Å². The number of amides is 1. The molecule has 2 atom stereocenters. The molecule has 8 heteroatoms. The number of ether oxygens (including phenoxy) is 2. The third-order valence-corrected chi connectivity index (χ3v) is 6.74. The molecule has 2 unspecified atom stereocenters. The highest BCUT2D eigenvalue weighted by Crippen LogP contribution is 2.47. The number of carbonyl (C=O) groups excluding carboxylic acids is 2. The van der Waals surface area contributed by atoms with E-state index in [9.17, 15) is 9.59 Å². The molecule has 0 aliphatic carbocycles. The Morgan fingerprint density at radius 1 is 1.09 bits per heavy atom. The number of hydrogen-bond donors (Lipinski definition) is 0. The van der Waals surface area contributed by atoms with Crippen molar-refractivity contribution in [3.63, 3.8) is 0 Å². The van der Waals surface area contributed by atoms with Crippen LogP contribution in [0, 0.1) is 0 Å². The molecule has 0 spiro atoms. The number of nitrogens with zero attached hydrogens (tertiary/aromatic N) is 2. The Bertz CT molecular complexity index is 1100. The predicted octanol–water partition coefficient (Wildman–Crippen LogP) is 4.26. The minimum atomic E-state index is -1.05. The smallest absolute Gasteiger partial charge is 0.375 e. The van der Waals surface area contributed by atoms with Crippen molar-refractivity contribution in [1.29, 1.82) is 0 Å². The zero-order valence-corrected chi connectivity index (χ0v) is 19.6. The van der Waals surface area contributed by atoms with Crippen LogP contribution in [0.1, 0.15) is 21.4 Å². The van der Waals surface area contributed by atoms with E-state index in [2.05, 4.69) is 0 Å². The first-order valence-electron chi connectivity index (χ1n) is 10.6. The molecule has 4 rings (SSSR count). The van der Waals surface area contributed by atoms with Gasteiger partial charge in [-0.15, -0.1) is 11.8 Å². The van der Waals surface area contributed by atoms with Crippen LogP contribution in [0.4, 0.5) is 5.69 Å². The number of rotatable bonds is 7. The van der Waals surface area contributed by atoms with Crippen molar-refractivity contribution >= 4 is 29.3 Å². The number of anilines is 1. The average Bonchev–Trinajstić information content (AvgIpc) is 3.34. The first-order valence-corrected chi connectivity index (χ1v) is 11.5. The Hall–Kier alpha value is -3.23. The summed E-state index contributed by atoms with van der Waals surface area (Å²) in [5, 5.41) is -0.451. The van der Waals surface area contributed by atoms with Gasteiger partial charge in [0.05, 0.1) is 24.3 Å². The van der Waals surface area contributed by atoms with Crippen LogP contribution in [-0.2, 0) is 9.53 Å². The van der Waals surface area contributed by atoms with Gasteiger partial charge in [0.2, 0.25) is 5.76 Å². The first-order chi connectivity index (χ1) is 16.0. The van der Waals surface area contributed by atoms with Crippen LogP contribution in [0.2, 0.25) is 0 Å².